The molecule has 1 atom stereocenters. The molecule has 0 saturated carbocycles. The lowest BCUT2D eigenvalue weighted by molar-refractivity contribution is -0.122. The van der Waals surface area contributed by atoms with Gasteiger partial charge in [-0.15, -0.1) is 0 Å². The number of methoxy groups -OCH3 is 1. The van der Waals surface area contributed by atoms with Crippen LogP contribution in [-0.4, -0.2) is 43.2 Å². The molecule has 6 nitrogen and oxygen atoms in total. The van der Waals surface area contributed by atoms with Crippen LogP contribution in [0.4, 0.5) is 0 Å². The molecule has 0 saturated heterocycles. The van der Waals surface area contributed by atoms with E-state index in [0.29, 0.717) is 17.6 Å². The van der Waals surface area contributed by atoms with Crippen LogP contribution >= 0.6 is 15.9 Å². The first kappa shape index (κ1) is 16.5. The van der Waals surface area contributed by atoms with Gasteiger partial charge in [0.25, 0.3) is 5.91 Å². The molecule has 7 heteroatoms. The zero-order chi connectivity index (χ0) is 15.1. The molecule has 20 heavy (non-hydrogen) atoms. The number of ether oxygens (including phenoxy) is 1. The topological polar surface area (TPSA) is 87.7 Å². The Labute approximate surface area is 125 Å². The molecular formula is C13H17BrN2O4. The summed E-state index contributed by atoms with van der Waals surface area (Å²) in [5.41, 5.74) is 0.116. The van der Waals surface area contributed by atoms with Gasteiger partial charge in [0.2, 0.25) is 5.91 Å². The van der Waals surface area contributed by atoms with E-state index in [0.717, 1.165) is 0 Å². The fourth-order valence-corrected chi connectivity index (χ4v) is 1.82. The van der Waals surface area contributed by atoms with Gasteiger partial charge in [-0.3, -0.25) is 9.59 Å². The minimum Gasteiger partial charge on any atom is -0.507 e. The summed E-state index contributed by atoms with van der Waals surface area (Å²) in [6.07, 6.45) is 0. The first-order valence-electron chi connectivity index (χ1n) is 6.01. The summed E-state index contributed by atoms with van der Waals surface area (Å²) in [5, 5.41) is 14.8. The average Bonchev–Trinajstić information content (AvgIpc) is 2.38. The van der Waals surface area contributed by atoms with Gasteiger partial charge in [0.1, 0.15) is 11.8 Å². The van der Waals surface area contributed by atoms with E-state index in [2.05, 4.69) is 26.6 Å². The van der Waals surface area contributed by atoms with E-state index in [9.17, 15) is 14.7 Å². The number of halogens is 1. The van der Waals surface area contributed by atoms with Gasteiger partial charge in [0.15, 0.2) is 0 Å². The smallest absolute Gasteiger partial charge is 0.255 e. The predicted octanol–water partition coefficient (Wildman–Crippen LogP) is 1.04. The lowest BCUT2D eigenvalue weighted by Crippen LogP contribution is -2.45. The number of phenols is 1. The SMILES string of the molecule is COCCNC(=O)C(C)NC(=O)c1ccc(Br)cc1O. The highest BCUT2D eigenvalue weighted by Gasteiger charge is 2.18. The Hall–Kier alpha value is -1.60. The second-order valence-corrected chi connectivity index (χ2v) is 5.06. The lowest BCUT2D eigenvalue weighted by atomic mass is 10.1. The van der Waals surface area contributed by atoms with Crippen LogP contribution in [0.25, 0.3) is 0 Å². The number of aromatic hydroxyl groups is 1. The van der Waals surface area contributed by atoms with Crippen LogP contribution in [-0.2, 0) is 9.53 Å². The Bertz CT molecular complexity index is 493. The molecule has 0 aliphatic heterocycles. The number of carbonyl (C=O) groups excluding carboxylic acids is 2. The summed E-state index contributed by atoms with van der Waals surface area (Å²) in [4.78, 5) is 23.6. The van der Waals surface area contributed by atoms with E-state index in [1.165, 1.54) is 19.2 Å². The molecule has 1 aromatic carbocycles. The number of hydrogen-bond acceptors (Lipinski definition) is 4. The molecule has 1 unspecified atom stereocenters. The molecule has 0 aliphatic rings. The lowest BCUT2D eigenvalue weighted by Gasteiger charge is -2.14. The third kappa shape index (κ3) is 4.82. The Morgan fingerprint density at radius 3 is 2.75 bits per heavy atom. The van der Waals surface area contributed by atoms with Gasteiger partial charge < -0.3 is 20.5 Å². The Morgan fingerprint density at radius 1 is 1.45 bits per heavy atom. The number of hydrogen-bond donors (Lipinski definition) is 3. The van der Waals surface area contributed by atoms with Crippen LogP contribution in [0.3, 0.4) is 0 Å². The molecular weight excluding hydrogens is 328 g/mol. The number of rotatable bonds is 6. The predicted molar refractivity (Wildman–Crippen MR) is 77.6 cm³/mol. The fraction of sp³-hybridized carbons (Fsp3) is 0.385. The summed E-state index contributed by atoms with van der Waals surface area (Å²) in [5.74, 6) is -0.972. The van der Waals surface area contributed by atoms with Crippen molar-refractivity contribution in [2.24, 2.45) is 0 Å². The van der Waals surface area contributed by atoms with Crippen molar-refractivity contribution >= 4 is 27.7 Å². The average molecular weight is 345 g/mol. The summed E-state index contributed by atoms with van der Waals surface area (Å²) < 4.78 is 5.47. The van der Waals surface area contributed by atoms with Crippen LogP contribution in [0, 0.1) is 0 Å². The van der Waals surface area contributed by atoms with Crippen molar-refractivity contribution in [3.63, 3.8) is 0 Å². The number of amides is 2. The number of benzene rings is 1. The largest absolute Gasteiger partial charge is 0.507 e. The monoisotopic (exact) mass is 344 g/mol. The fourth-order valence-electron chi connectivity index (χ4n) is 1.47. The van der Waals surface area contributed by atoms with Crippen molar-refractivity contribution in [3.8, 4) is 5.75 Å². The van der Waals surface area contributed by atoms with Crippen molar-refractivity contribution < 1.29 is 19.4 Å². The van der Waals surface area contributed by atoms with E-state index >= 15 is 0 Å². The Kier molecular flexibility index (Phi) is 6.47. The molecule has 1 rings (SSSR count). The minimum atomic E-state index is -0.706. The van der Waals surface area contributed by atoms with Gasteiger partial charge in [-0.05, 0) is 25.1 Å². The highest BCUT2D eigenvalue weighted by molar-refractivity contribution is 9.10. The molecule has 1 aromatic rings. The minimum absolute atomic E-state index is 0.116. The third-order valence-corrected chi connectivity index (χ3v) is 3.04. The number of phenolic OH excluding ortho intramolecular Hbond substituents is 1. The highest BCUT2D eigenvalue weighted by atomic mass is 79.9. The second kappa shape index (κ2) is 7.86. The van der Waals surface area contributed by atoms with Crippen LogP contribution in [0.1, 0.15) is 17.3 Å². The number of carbonyl (C=O) groups is 2. The molecule has 0 bridgehead atoms. The summed E-state index contributed by atoms with van der Waals surface area (Å²) in [7, 11) is 1.54. The summed E-state index contributed by atoms with van der Waals surface area (Å²) >= 11 is 3.19. The quantitative estimate of drug-likeness (QED) is 0.672. The van der Waals surface area contributed by atoms with Crippen LogP contribution in [0.2, 0.25) is 0 Å². The molecule has 0 aromatic heterocycles. The maximum atomic E-state index is 11.9. The molecule has 0 radical (unpaired) electrons. The zero-order valence-electron chi connectivity index (χ0n) is 11.3. The standard InChI is InChI=1S/C13H17BrN2O4/c1-8(12(18)15-5-6-20-2)16-13(19)10-4-3-9(14)7-11(10)17/h3-4,7-8,17H,5-6H2,1-2H3,(H,15,18)(H,16,19). The van der Waals surface area contributed by atoms with Crippen LogP contribution < -0.4 is 10.6 Å². The van der Waals surface area contributed by atoms with Crippen molar-refractivity contribution in [2.75, 3.05) is 20.3 Å². The van der Waals surface area contributed by atoms with Gasteiger partial charge in [0.05, 0.1) is 12.2 Å². The molecule has 0 spiro atoms. The zero-order valence-corrected chi connectivity index (χ0v) is 12.9. The first-order chi connectivity index (χ1) is 9.45. The second-order valence-electron chi connectivity index (χ2n) is 4.14. The van der Waals surface area contributed by atoms with E-state index in [1.54, 1.807) is 13.0 Å². The molecule has 0 fully saturated rings. The van der Waals surface area contributed by atoms with Crippen molar-refractivity contribution in [3.05, 3.63) is 28.2 Å². The van der Waals surface area contributed by atoms with E-state index < -0.39 is 11.9 Å². The summed E-state index contributed by atoms with van der Waals surface area (Å²) in [6, 6.07) is 3.82. The van der Waals surface area contributed by atoms with E-state index in [-0.39, 0.29) is 17.2 Å². The first-order valence-corrected chi connectivity index (χ1v) is 6.81. The van der Waals surface area contributed by atoms with E-state index in [1.807, 2.05) is 0 Å². The van der Waals surface area contributed by atoms with Gasteiger partial charge in [-0.25, -0.2) is 0 Å². The van der Waals surface area contributed by atoms with Crippen LogP contribution in [0.15, 0.2) is 22.7 Å². The van der Waals surface area contributed by atoms with Crippen molar-refractivity contribution in [1.29, 1.82) is 0 Å². The normalized spacial score (nSPS) is 11.8. The number of nitrogens with one attached hydrogen (secondary N) is 2. The molecule has 2 amide bonds. The summed E-state index contributed by atoms with van der Waals surface area (Å²) in [6.45, 7) is 2.34. The molecule has 0 aliphatic carbocycles. The third-order valence-electron chi connectivity index (χ3n) is 2.55. The maximum Gasteiger partial charge on any atom is 0.255 e. The molecule has 0 heterocycles. The molecule has 3 N–H and O–H groups in total. The Morgan fingerprint density at radius 2 is 2.15 bits per heavy atom. The van der Waals surface area contributed by atoms with Gasteiger partial charge in [0, 0.05) is 18.1 Å². The van der Waals surface area contributed by atoms with Gasteiger partial charge in [-0.1, -0.05) is 15.9 Å². The van der Waals surface area contributed by atoms with Crippen molar-refractivity contribution in [1.82, 2.24) is 10.6 Å². The van der Waals surface area contributed by atoms with Crippen LogP contribution in [0.5, 0.6) is 5.75 Å². The Balaban J connectivity index is 2.58. The van der Waals surface area contributed by atoms with Crippen molar-refractivity contribution in [2.45, 2.75) is 13.0 Å². The highest BCUT2D eigenvalue weighted by Crippen LogP contribution is 2.22. The molecule has 110 valence electrons. The van der Waals surface area contributed by atoms with Gasteiger partial charge in [-0.2, -0.15) is 0 Å². The maximum absolute atomic E-state index is 11.9. The van der Waals surface area contributed by atoms with E-state index in [4.69, 9.17) is 4.74 Å². The van der Waals surface area contributed by atoms with Gasteiger partial charge >= 0.3 is 0 Å².